The Kier molecular flexibility index (Phi) is 8.63. The average Bonchev–Trinajstić information content (AvgIpc) is 2.67. The van der Waals surface area contributed by atoms with Gasteiger partial charge in [-0.2, -0.15) is 0 Å². The highest BCUT2D eigenvalue weighted by molar-refractivity contribution is 5.41. The maximum Gasteiger partial charge on any atom is 0.137 e. The van der Waals surface area contributed by atoms with Gasteiger partial charge in [-0.15, -0.1) is 0 Å². The molecule has 0 atom stereocenters. The number of nitrogens with zero attached hydrogens (tertiary/aromatic N) is 1. The summed E-state index contributed by atoms with van der Waals surface area (Å²) in [6.45, 7) is 5.16. The Labute approximate surface area is 152 Å². The van der Waals surface area contributed by atoms with Crippen LogP contribution >= 0.6 is 0 Å². The third kappa shape index (κ3) is 7.44. The lowest BCUT2D eigenvalue weighted by atomic mass is 10.1. The standard InChI is InChI=1S/C23H29NO/c1-3-5-6-7-8-9-18-25-23-17-16-22(24-19-23)15-14-21-12-10-20(4-2)11-13-21/h10-13,16-17,19H,3-9,18H2,1-2H3. The molecule has 0 aliphatic heterocycles. The van der Waals surface area contributed by atoms with Crippen molar-refractivity contribution < 1.29 is 4.74 Å². The molecule has 2 nitrogen and oxygen atoms in total. The number of unbranched alkanes of at least 4 members (excludes halogenated alkanes) is 5. The van der Waals surface area contributed by atoms with E-state index >= 15 is 0 Å². The molecule has 132 valence electrons. The van der Waals surface area contributed by atoms with Gasteiger partial charge in [-0.25, -0.2) is 4.98 Å². The Hall–Kier alpha value is -2.27. The molecule has 0 aliphatic carbocycles. The van der Waals surface area contributed by atoms with Gasteiger partial charge in [-0.05, 0) is 48.6 Å². The molecule has 0 amide bonds. The largest absolute Gasteiger partial charge is 0.492 e. The zero-order valence-corrected chi connectivity index (χ0v) is 15.6. The number of benzene rings is 1. The summed E-state index contributed by atoms with van der Waals surface area (Å²) in [7, 11) is 0. The van der Waals surface area contributed by atoms with Crippen LogP contribution in [0.15, 0.2) is 42.6 Å². The van der Waals surface area contributed by atoms with Crippen molar-refractivity contribution >= 4 is 0 Å². The summed E-state index contributed by atoms with van der Waals surface area (Å²) in [4.78, 5) is 4.37. The SMILES string of the molecule is CCCCCCCCOc1ccc(C#Cc2ccc(CC)cc2)nc1. The number of aromatic nitrogens is 1. The fraction of sp³-hybridized carbons (Fsp3) is 0.435. The van der Waals surface area contributed by atoms with Gasteiger partial charge >= 0.3 is 0 Å². The van der Waals surface area contributed by atoms with Crippen molar-refractivity contribution in [2.45, 2.75) is 58.8 Å². The van der Waals surface area contributed by atoms with E-state index in [-0.39, 0.29) is 0 Å². The normalized spacial score (nSPS) is 10.2. The average molecular weight is 335 g/mol. The van der Waals surface area contributed by atoms with Crippen LogP contribution in [-0.2, 0) is 6.42 Å². The molecule has 1 aromatic heterocycles. The van der Waals surface area contributed by atoms with Crippen LogP contribution in [0.3, 0.4) is 0 Å². The lowest BCUT2D eigenvalue weighted by Crippen LogP contribution is -1.98. The van der Waals surface area contributed by atoms with E-state index in [1.54, 1.807) is 6.20 Å². The van der Waals surface area contributed by atoms with E-state index in [4.69, 9.17) is 4.74 Å². The van der Waals surface area contributed by atoms with Crippen molar-refractivity contribution in [2.24, 2.45) is 0 Å². The van der Waals surface area contributed by atoms with Gasteiger partial charge in [0.05, 0.1) is 12.8 Å². The molecule has 0 spiro atoms. The summed E-state index contributed by atoms with van der Waals surface area (Å²) in [5, 5.41) is 0. The number of hydrogen-bond donors (Lipinski definition) is 0. The Bertz CT molecular complexity index is 662. The fourth-order valence-electron chi connectivity index (χ4n) is 2.57. The van der Waals surface area contributed by atoms with Crippen LogP contribution in [0.4, 0.5) is 0 Å². The van der Waals surface area contributed by atoms with Gasteiger partial charge in [0, 0.05) is 5.56 Å². The molecule has 2 rings (SSSR count). The van der Waals surface area contributed by atoms with Gasteiger partial charge in [0.1, 0.15) is 11.4 Å². The summed E-state index contributed by atoms with van der Waals surface area (Å²) < 4.78 is 5.75. The van der Waals surface area contributed by atoms with Crippen molar-refractivity contribution in [2.75, 3.05) is 6.61 Å². The number of ether oxygens (including phenoxy) is 1. The second-order valence-corrected chi connectivity index (χ2v) is 6.30. The number of hydrogen-bond acceptors (Lipinski definition) is 2. The van der Waals surface area contributed by atoms with Gasteiger partial charge in [0.2, 0.25) is 0 Å². The van der Waals surface area contributed by atoms with Crippen LogP contribution in [0.2, 0.25) is 0 Å². The molecule has 1 aromatic carbocycles. The van der Waals surface area contributed by atoms with E-state index in [2.05, 4.69) is 54.9 Å². The van der Waals surface area contributed by atoms with Gasteiger partial charge in [0.25, 0.3) is 0 Å². The molecule has 0 aliphatic rings. The Morgan fingerprint density at radius 3 is 2.28 bits per heavy atom. The first-order chi connectivity index (χ1) is 12.3. The highest BCUT2D eigenvalue weighted by Crippen LogP contribution is 2.11. The molecule has 0 N–H and O–H groups in total. The number of pyridine rings is 1. The third-order valence-corrected chi connectivity index (χ3v) is 4.20. The van der Waals surface area contributed by atoms with Gasteiger partial charge in [-0.3, -0.25) is 0 Å². The minimum absolute atomic E-state index is 0.766. The summed E-state index contributed by atoms with van der Waals surface area (Å²) in [6.07, 6.45) is 10.5. The van der Waals surface area contributed by atoms with Crippen LogP contribution in [0, 0.1) is 11.8 Å². The van der Waals surface area contributed by atoms with Gasteiger partial charge < -0.3 is 4.74 Å². The quantitative estimate of drug-likeness (QED) is 0.428. The first-order valence-corrected chi connectivity index (χ1v) is 9.51. The number of rotatable bonds is 9. The van der Waals surface area contributed by atoms with Crippen LogP contribution in [-0.4, -0.2) is 11.6 Å². The van der Waals surface area contributed by atoms with Crippen LogP contribution in [0.1, 0.15) is 69.2 Å². The van der Waals surface area contributed by atoms with Crippen molar-refractivity contribution in [1.29, 1.82) is 0 Å². The van der Waals surface area contributed by atoms with Crippen molar-refractivity contribution in [1.82, 2.24) is 4.98 Å². The predicted octanol–water partition coefficient (Wildman–Crippen LogP) is 5.78. The van der Waals surface area contributed by atoms with E-state index in [0.717, 1.165) is 36.5 Å². The molecule has 1 heterocycles. The highest BCUT2D eigenvalue weighted by Gasteiger charge is 1.96. The lowest BCUT2D eigenvalue weighted by molar-refractivity contribution is 0.303. The molecule has 0 unspecified atom stereocenters. The Morgan fingerprint density at radius 1 is 0.840 bits per heavy atom. The van der Waals surface area contributed by atoms with Gasteiger partial charge in [0.15, 0.2) is 0 Å². The van der Waals surface area contributed by atoms with E-state index in [9.17, 15) is 0 Å². The molecule has 0 radical (unpaired) electrons. The van der Waals surface area contributed by atoms with Gasteiger partial charge in [-0.1, -0.05) is 64.0 Å². The molecule has 0 fully saturated rings. The fourth-order valence-corrected chi connectivity index (χ4v) is 2.57. The first kappa shape index (κ1) is 19.1. The van der Waals surface area contributed by atoms with E-state index < -0.39 is 0 Å². The lowest BCUT2D eigenvalue weighted by Gasteiger charge is -2.05. The monoisotopic (exact) mass is 335 g/mol. The zero-order valence-electron chi connectivity index (χ0n) is 15.6. The molecule has 2 heteroatoms. The molecule has 0 saturated heterocycles. The minimum Gasteiger partial charge on any atom is -0.492 e. The second kappa shape index (κ2) is 11.3. The molecular formula is C23H29NO. The molecule has 25 heavy (non-hydrogen) atoms. The highest BCUT2D eigenvalue weighted by atomic mass is 16.5. The summed E-state index contributed by atoms with van der Waals surface area (Å²) in [6, 6.07) is 12.2. The second-order valence-electron chi connectivity index (χ2n) is 6.30. The topological polar surface area (TPSA) is 22.1 Å². The van der Waals surface area contributed by atoms with Crippen LogP contribution < -0.4 is 4.74 Å². The molecule has 0 bridgehead atoms. The molecular weight excluding hydrogens is 306 g/mol. The minimum atomic E-state index is 0.766. The smallest absolute Gasteiger partial charge is 0.137 e. The van der Waals surface area contributed by atoms with Crippen molar-refractivity contribution in [3.8, 4) is 17.6 Å². The van der Waals surface area contributed by atoms with E-state index in [1.807, 2.05) is 12.1 Å². The summed E-state index contributed by atoms with van der Waals surface area (Å²) in [5.41, 5.74) is 3.12. The van der Waals surface area contributed by atoms with Crippen molar-refractivity contribution in [3.05, 3.63) is 59.4 Å². The van der Waals surface area contributed by atoms with E-state index in [0.29, 0.717) is 0 Å². The maximum atomic E-state index is 5.75. The maximum absolute atomic E-state index is 5.75. The Morgan fingerprint density at radius 2 is 1.60 bits per heavy atom. The van der Waals surface area contributed by atoms with Crippen LogP contribution in [0.5, 0.6) is 5.75 Å². The van der Waals surface area contributed by atoms with Crippen molar-refractivity contribution in [3.63, 3.8) is 0 Å². The molecule has 0 saturated carbocycles. The molecule has 2 aromatic rings. The summed E-state index contributed by atoms with van der Waals surface area (Å²) >= 11 is 0. The predicted molar refractivity (Wildman–Crippen MR) is 105 cm³/mol. The Balaban J connectivity index is 1.75. The third-order valence-electron chi connectivity index (χ3n) is 4.20. The zero-order chi connectivity index (χ0) is 17.7. The van der Waals surface area contributed by atoms with Crippen LogP contribution in [0.25, 0.3) is 0 Å². The first-order valence-electron chi connectivity index (χ1n) is 9.51. The summed E-state index contributed by atoms with van der Waals surface area (Å²) in [5.74, 6) is 7.09. The van der Waals surface area contributed by atoms with E-state index in [1.165, 1.54) is 37.7 Å². The number of aryl methyl sites for hydroxylation is 1.